The predicted octanol–water partition coefficient (Wildman–Crippen LogP) is 4.58. The van der Waals surface area contributed by atoms with E-state index in [0.29, 0.717) is 13.2 Å². The van der Waals surface area contributed by atoms with Crippen LogP contribution in [-0.4, -0.2) is 19.5 Å². The van der Waals surface area contributed by atoms with Gasteiger partial charge in [0, 0.05) is 5.56 Å². The van der Waals surface area contributed by atoms with Crippen LogP contribution in [-0.2, 0) is 4.79 Å². The van der Waals surface area contributed by atoms with Gasteiger partial charge in [-0.25, -0.2) is 0 Å². The molecule has 2 aromatic rings. The minimum absolute atomic E-state index is 0.597. The van der Waals surface area contributed by atoms with E-state index in [1.807, 2.05) is 57.2 Å². The van der Waals surface area contributed by atoms with Gasteiger partial charge in [-0.1, -0.05) is 24.3 Å². The first kappa shape index (κ1) is 16.8. The van der Waals surface area contributed by atoms with Gasteiger partial charge in [-0.2, -0.15) is 0 Å². The maximum atomic E-state index is 10.5. The summed E-state index contributed by atoms with van der Waals surface area (Å²) in [6, 6.07) is 11.8. The summed E-state index contributed by atoms with van der Waals surface area (Å²) in [6.07, 6.45) is 4.93. The third-order valence-electron chi connectivity index (χ3n) is 3.56. The fourth-order valence-electron chi connectivity index (χ4n) is 2.51. The van der Waals surface area contributed by atoms with Gasteiger partial charge in [0.25, 0.3) is 0 Å². The quantitative estimate of drug-likeness (QED) is 0.702. The molecule has 0 spiro atoms. The van der Waals surface area contributed by atoms with Crippen molar-refractivity contribution < 1.29 is 14.3 Å². The van der Waals surface area contributed by atoms with Gasteiger partial charge in [-0.3, -0.25) is 4.79 Å². The average Bonchev–Trinajstić information content (AvgIpc) is 2.56. The van der Waals surface area contributed by atoms with Crippen molar-refractivity contribution in [2.75, 3.05) is 13.2 Å². The minimum atomic E-state index is 0.597. The lowest BCUT2D eigenvalue weighted by molar-refractivity contribution is 0.331. The molecular formula is C20H21O3. The first-order chi connectivity index (χ1) is 11.2. The molecular weight excluding hydrogens is 288 g/mol. The molecule has 0 unspecified atom stereocenters. The Balaban J connectivity index is 2.57. The number of hydrogen-bond acceptors (Lipinski definition) is 3. The van der Waals surface area contributed by atoms with Crippen LogP contribution >= 0.6 is 0 Å². The third kappa shape index (κ3) is 4.01. The smallest absolute Gasteiger partial charge is 0.225 e. The molecule has 2 rings (SSSR count). The molecule has 3 heteroatoms. The molecule has 0 aliphatic rings. The van der Waals surface area contributed by atoms with Crippen molar-refractivity contribution in [3.63, 3.8) is 0 Å². The first-order valence-electron chi connectivity index (χ1n) is 7.75. The topological polar surface area (TPSA) is 35.5 Å². The average molecular weight is 309 g/mol. The lowest BCUT2D eigenvalue weighted by atomic mass is 9.95. The van der Waals surface area contributed by atoms with Gasteiger partial charge in [0.05, 0.1) is 13.2 Å². The van der Waals surface area contributed by atoms with Gasteiger partial charge in [0.15, 0.2) is 0 Å². The van der Waals surface area contributed by atoms with Crippen LogP contribution < -0.4 is 9.47 Å². The van der Waals surface area contributed by atoms with Crippen LogP contribution in [0.25, 0.3) is 17.2 Å². The van der Waals surface area contributed by atoms with Gasteiger partial charge in [-0.15, -0.1) is 0 Å². The summed E-state index contributed by atoms with van der Waals surface area (Å²) in [5.74, 6) is 1.63. The first-order valence-corrected chi connectivity index (χ1v) is 7.75. The molecule has 0 amide bonds. The Morgan fingerprint density at radius 3 is 2.52 bits per heavy atom. The van der Waals surface area contributed by atoms with E-state index in [-0.39, 0.29) is 0 Å². The Labute approximate surface area is 137 Å². The van der Waals surface area contributed by atoms with Gasteiger partial charge < -0.3 is 9.47 Å². The summed E-state index contributed by atoms with van der Waals surface area (Å²) in [5.41, 5.74) is 4.10. The number of carbonyl (C=O) groups excluding carboxylic acids is 1. The highest BCUT2D eigenvalue weighted by atomic mass is 16.5. The second-order valence-corrected chi connectivity index (χ2v) is 4.99. The number of rotatable bonds is 7. The van der Waals surface area contributed by atoms with Crippen LogP contribution in [0.5, 0.6) is 11.5 Å². The fourth-order valence-corrected chi connectivity index (χ4v) is 2.51. The molecule has 0 heterocycles. The van der Waals surface area contributed by atoms with E-state index in [1.54, 1.807) is 12.4 Å². The minimum Gasteiger partial charge on any atom is -0.494 e. The molecule has 23 heavy (non-hydrogen) atoms. The highest BCUT2D eigenvalue weighted by Gasteiger charge is 2.12. The van der Waals surface area contributed by atoms with Gasteiger partial charge in [0.2, 0.25) is 6.29 Å². The van der Waals surface area contributed by atoms with E-state index in [9.17, 15) is 4.79 Å². The Morgan fingerprint density at radius 1 is 1.04 bits per heavy atom. The molecule has 2 aromatic carbocycles. The maximum Gasteiger partial charge on any atom is 0.225 e. The molecule has 0 bridgehead atoms. The number of benzene rings is 2. The van der Waals surface area contributed by atoms with Crippen molar-refractivity contribution in [2.24, 2.45) is 0 Å². The van der Waals surface area contributed by atoms with Crippen molar-refractivity contribution in [1.82, 2.24) is 0 Å². The Morgan fingerprint density at radius 2 is 1.83 bits per heavy atom. The standard InChI is InChI=1S/C20H21O3/c1-4-22-17-11-12-20(23-5-2)19(14-17)18-10-6-8-16(15(18)3)9-7-13-21/h6-12,14H,4-5H2,1-3H3/b9-7+. The van der Waals surface area contributed by atoms with Crippen LogP contribution in [0.1, 0.15) is 25.0 Å². The second-order valence-electron chi connectivity index (χ2n) is 4.99. The molecule has 0 aromatic heterocycles. The number of ether oxygens (including phenoxy) is 2. The zero-order valence-electron chi connectivity index (χ0n) is 13.8. The summed E-state index contributed by atoms with van der Waals surface area (Å²) < 4.78 is 11.4. The molecule has 0 saturated carbocycles. The largest absolute Gasteiger partial charge is 0.494 e. The highest BCUT2D eigenvalue weighted by Crippen LogP contribution is 2.36. The molecule has 0 fully saturated rings. The van der Waals surface area contributed by atoms with Crippen LogP contribution in [0.4, 0.5) is 0 Å². The van der Waals surface area contributed by atoms with Crippen LogP contribution in [0.2, 0.25) is 0 Å². The summed E-state index contributed by atoms with van der Waals surface area (Å²) in [7, 11) is 0. The molecule has 0 N–H and O–H groups in total. The zero-order valence-corrected chi connectivity index (χ0v) is 13.8. The van der Waals surface area contributed by atoms with Crippen LogP contribution in [0.3, 0.4) is 0 Å². The van der Waals surface area contributed by atoms with Crippen molar-refractivity contribution in [2.45, 2.75) is 20.8 Å². The second kappa shape index (κ2) is 8.18. The van der Waals surface area contributed by atoms with Gasteiger partial charge >= 0.3 is 0 Å². The van der Waals surface area contributed by atoms with E-state index in [1.165, 1.54) is 6.08 Å². The number of hydrogen-bond donors (Lipinski definition) is 0. The van der Waals surface area contributed by atoms with Crippen molar-refractivity contribution >= 4 is 12.4 Å². The van der Waals surface area contributed by atoms with E-state index in [2.05, 4.69) is 0 Å². The van der Waals surface area contributed by atoms with Crippen molar-refractivity contribution in [3.05, 3.63) is 53.6 Å². The fraction of sp³-hybridized carbons (Fsp3) is 0.250. The molecule has 119 valence electrons. The van der Waals surface area contributed by atoms with Crippen molar-refractivity contribution in [1.29, 1.82) is 0 Å². The number of allylic oxidation sites excluding steroid dienone is 1. The molecule has 1 radical (unpaired) electrons. The maximum absolute atomic E-state index is 10.5. The molecule has 0 aliphatic heterocycles. The normalized spacial score (nSPS) is 10.7. The Bertz CT molecular complexity index is 702. The lowest BCUT2D eigenvalue weighted by Gasteiger charge is -2.15. The van der Waals surface area contributed by atoms with Crippen LogP contribution in [0, 0.1) is 6.92 Å². The third-order valence-corrected chi connectivity index (χ3v) is 3.56. The monoisotopic (exact) mass is 309 g/mol. The lowest BCUT2D eigenvalue weighted by Crippen LogP contribution is -1.98. The van der Waals surface area contributed by atoms with Gasteiger partial charge in [0.1, 0.15) is 11.5 Å². The summed E-state index contributed by atoms with van der Waals surface area (Å²) in [6.45, 7) is 7.17. The van der Waals surface area contributed by atoms with Crippen LogP contribution in [0.15, 0.2) is 42.5 Å². The van der Waals surface area contributed by atoms with E-state index in [0.717, 1.165) is 33.8 Å². The summed E-state index contributed by atoms with van der Waals surface area (Å²) >= 11 is 0. The molecule has 0 aliphatic carbocycles. The predicted molar refractivity (Wildman–Crippen MR) is 93.7 cm³/mol. The Hall–Kier alpha value is -2.55. The van der Waals surface area contributed by atoms with E-state index < -0.39 is 0 Å². The SMILES string of the molecule is CCOc1ccc(OCC)c(-c2cccc(/C=C/[C]=O)c2C)c1. The molecule has 0 atom stereocenters. The molecule has 0 saturated heterocycles. The summed E-state index contributed by atoms with van der Waals surface area (Å²) in [5, 5.41) is 0. The van der Waals surface area contributed by atoms with E-state index >= 15 is 0 Å². The highest BCUT2D eigenvalue weighted by molar-refractivity contribution is 5.80. The zero-order chi connectivity index (χ0) is 16.7. The van der Waals surface area contributed by atoms with Gasteiger partial charge in [-0.05, 0) is 61.7 Å². The molecule has 3 nitrogen and oxygen atoms in total. The van der Waals surface area contributed by atoms with Crippen molar-refractivity contribution in [3.8, 4) is 22.6 Å². The Kier molecular flexibility index (Phi) is 5.98. The van der Waals surface area contributed by atoms with E-state index in [4.69, 9.17) is 9.47 Å². The summed E-state index contributed by atoms with van der Waals surface area (Å²) in [4.78, 5) is 10.5.